The number of hydrogen-bond acceptors (Lipinski definition) is 7. The number of fused-ring (bicyclic) bond motifs is 1. The maximum absolute atomic E-state index is 11.4. The fraction of sp³-hybridized carbons (Fsp3) is 0.478. The monoisotopic (exact) mass is 429 g/mol. The van der Waals surface area contributed by atoms with Crippen LogP contribution in [0.1, 0.15) is 32.8 Å². The summed E-state index contributed by atoms with van der Waals surface area (Å²) >= 11 is 0. The number of piperazine rings is 1. The number of carbonyl (C=O) groups is 1. The molecule has 1 aromatic rings. The predicted octanol–water partition coefficient (Wildman–Crippen LogP) is 2.43. The summed E-state index contributed by atoms with van der Waals surface area (Å²) in [6.07, 6.45) is 3.88. The third-order valence-electron chi connectivity index (χ3n) is 5.73. The number of nitrogens with zero attached hydrogens (tertiary/aromatic N) is 3. The Balaban J connectivity index is 1.78. The molecule has 2 aliphatic rings. The number of aliphatic imine (C=N–C) groups is 1. The lowest BCUT2D eigenvalue weighted by Gasteiger charge is -2.37. The van der Waals surface area contributed by atoms with E-state index >= 15 is 0 Å². The van der Waals surface area contributed by atoms with Crippen molar-refractivity contribution in [1.82, 2.24) is 9.80 Å². The Morgan fingerprint density at radius 3 is 2.61 bits per heavy atom. The van der Waals surface area contributed by atoms with Gasteiger partial charge in [-0.2, -0.15) is 0 Å². The molecule has 0 bridgehead atoms. The van der Waals surface area contributed by atoms with Gasteiger partial charge in [0.25, 0.3) is 0 Å². The average Bonchev–Trinajstić information content (AvgIpc) is 2.87. The number of phenolic OH excluding ortho intramolecular Hbond substituents is 1. The molecule has 1 fully saturated rings. The fourth-order valence-corrected chi connectivity index (χ4v) is 3.53. The van der Waals surface area contributed by atoms with Crippen LogP contribution in [0.2, 0.25) is 0 Å². The van der Waals surface area contributed by atoms with E-state index in [1.54, 1.807) is 44.2 Å². The number of aliphatic hydroxyl groups excluding tert-OH is 1. The summed E-state index contributed by atoms with van der Waals surface area (Å²) in [4.78, 5) is 20.6. The van der Waals surface area contributed by atoms with Crippen molar-refractivity contribution in [2.45, 2.75) is 27.2 Å². The lowest BCUT2D eigenvalue weighted by molar-refractivity contribution is -0.147. The van der Waals surface area contributed by atoms with Crippen molar-refractivity contribution in [2.24, 2.45) is 10.4 Å². The van der Waals surface area contributed by atoms with Crippen molar-refractivity contribution in [3.63, 3.8) is 0 Å². The number of benzene rings is 1. The summed E-state index contributed by atoms with van der Waals surface area (Å²) in [7, 11) is 0. The quantitative estimate of drug-likeness (QED) is 0.638. The fourth-order valence-electron chi connectivity index (χ4n) is 3.53. The van der Waals surface area contributed by atoms with Gasteiger partial charge in [-0.15, -0.1) is 0 Å². The molecule has 2 aliphatic heterocycles. The molecule has 1 aromatic carbocycles. The van der Waals surface area contributed by atoms with Crippen molar-refractivity contribution in [3.8, 4) is 11.5 Å². The van der Waals surface area contributed by atoms with Crippen LogP contribution < -0.4 is 4.74 Å². The number of carboxylic acids is 1. The number of aliphatic hydroxyl groups is 1. The minimum atomic E-state index is -0.774. The molecule has 0 aliphatic carbocycles. The van der Waals surface area contributed by atoms with Gasteiger partial charge in [0.1, 0.15) is 23.1 Å². The van der Waals surface area contributed by atoms with Gasteiger partial charge in [0.2, 0.25) is 0 Å². The Hall–Kier alpha value is -2.84. The number of carboxylic acid groups (broad SMARTS) is 1. The zero-order chi connectivity index (χ0) is 22.6. The molecule has 0 saturated carbocycles. The average molecular weight is 430 g/mol. The highest BCUT2D eigenvalue weighted by atomic mass is 16.5. The Labute approximate surface area is 182 Å². The molecule has 3 N–H and O–H groups in total. The highest BCUT2D eigenvalue weighted by Gasteiger charge is 2.30. The van der Waals surface area contributed by atoms with E-state index in [2.05, 4.69) is 9.80 Å². The van der Waals surface area contributed by atoms with Crippen LogP contribution in [-0.2, 0) is 4.79 Å². The van der Waals surface area contributed by atoms with Crippen LogP contribution in [0.25, 0.3) is 0 Å². The van der Waals surface area contributed by atoms with E-state index in [9.17, 15) is 15.0 Å². The van der Waals surface area contributed by atoms with Crippen LogP contribution in [-0.4, -0.2) is 76.3 Å². The molecule has 1 saturated heterocycles. The maximum atomic E-state index is 11.4. The summed E-state index contributed by atoms with van der Waals surface area (Å²) < 4.78 is 6.03. The van der Waals surface area contributed by atoms with Gasteiger partial charge in [-0.1, -0.05) is 6.08 Å². The molecular weight excluding hydrogens is 398 g/mol. The molecule has 2 heterocycles. The first-order valence-electron chi connectivity index (χ1n) is 10.5. The Morgan fingerprint density at radius 1 is 1.26 bits per heavy atom. The molecule has 0 amide bonds. The first kappa shape index (κ1) is 22.8. The summed E-state index contributed by atoms with van der Waals surface area (Å²) in [5, 5.41) is 28.5. The van der Waals surface area contributed by atoms with Gasteiger partial charge in [-0.25, -0.2) is 4.99 Å². The largest absolute Gasteiger partial charge is 0.508 e. The highest BCUT2D eigenvalue weighted by Crippen LogP contribution is 2.31. The molecule has 168 valence electrons. The molecule has 0 radical (unpaired) electrons. The van der Waals surface area contributed by atoms with Crippen LogP contribution in [0.3, 0.4) is 0 Å². The van der Waals surface area contributed by atoms with E-state index in [4.69, 9.17) is 14.8 Å². The first-order valence-corrected chi connectivity index (χ1v) is 10.5. The van der Waals surface area contributed by atoms with Gasteiger partial charge >= 0.3 is 5.97 Å². The smallest absolute Gasteiger partial charge is 0.309 e. The topological polar surface area (TPSA) is 106 Å². The van der Waals surface area contributed by atoms with Gasteiger partial charge in [-0.3, -0.25) is 9.69 Å². The summed E-state index contributed by atoms with van der Waals surface area (Å²) in [5.74, 6) is 1.24. The van der Waals surface area contributed by atoms with Gasteiger partial charge in [0.05, 0.1) is 23.3 Å². The lowest BCUT2D eigenvalue weighted by Crippen LogP contribution is -2.49. The summed E-state index contributed by atoms with van der Waals surface area (Å²) in [6.45, 7) is 9.06. The number of phenols is 1. The van der Waals surface area contributed by atoms with Crippen molar-refractivity contribution in [2.75, 3.05) is 39.3 Å². The number of allylic oxidation sites excluding steroid dienone is 2. The van der Waals surface area contributed by atoms with Crippen LogP contribution in [0.5, 0.6) is 11.5 Å². The van der Waals surface area contributed by atoms with E-state index in [-0.39, 0.29) is 12.4 Å². The van der Waals surface area contributed by atoms with Crippen molar-refractivity contribution in [1.29, 1.82) is 0 Å². The van der Waals surface area contributed by atoms with Gasteiger partial charge in [0, 0.05) is 26.2 Å². The highest BCUT2D eigenvalue weighted by molar-refractivity contribution is 6.02. The van der Waals surface area contributed by atoms with Crippen LogP contribution in [0.4, 0.5) is 0 Å². The van der Waals surface area contributed by atoms with Crippen LogP contribution >= 0.6 is 0 Å². The number of amidine groups is 1. The summed E-state index contributed by atoms with van der Waals surface area (Å²) in [5.41, 5.74) is 0.657. The van der Waals surface area contributed by atoms with E-state index < -0.39 is 11.4 Å². The van der Waals surface area contributed by atoms with Crippen molar-refractivity contribution >= 4 is 11.8 Å². The Kier molecular flexibility index (Phi) is 7.02. The number of rotatable bonds is 6. The second kappa shape index (κ2) is 9.53. The third-order valence-corrected chi connectivity index (χ3v) is 5.73. The summed E-state index contributed by atoms with van der Waals surface area (Å²) in [6, 6.07) is 4.95. The molecule has 0 atom stereocenters. The number of aromatic hydroxyl groups is 1. The Bertz CT molecular complexity index is 912. The molecule has 3 rings (SSSR count). The minimum Gasteiger partial charge on any atom is -0.508 e. The normalized spacial score (nSPS) is 17.9. The molecule has 8 heteroatoms. The Morgan fingerprint density at radius 2 is 1.97 bits per heavy atom. The zero-order valence-electron chi connectivity index (χ0n) is 18.3. The molecule has 31 heavy (non-hydrogen) atoms. The van der Waals surface area contributed by atoms with Gasteiger partial charge < -0.3 is 25.0 Å². The van der Waals surface area contributed by atoms with Gasteiger partial charge in [0.15, 0.2) is 0 Å². The van der Waals surface area contributed by atoms with Crippen molar-refractivity contribution in [3.05, 3.63) is 47.4 Å². The SMILES string of the molecule is CC1=C(/C=C\CO)Oc2ccc(O)cc2C(N2CCN(CCC(C)(C)C(=O)O)CC2)=N1. The predicted molar refractivity (Wildman–Crippen MR) is 118 cm³/mol. The first-order chi connectivity index (χ1) is 14.7. The second-order valence-electron chi connectivity index (χ2n) is 8.52. The second-order valence-corrected chi connectivity index (χ2v) is 8.52. The molecule has 0 aromatic heterocycles. The number of ether oxygens (including phenoxy) is 1. The van der Waals surface area contributed by atoms with Gasteiger partial charge in [-0.05, 0) is 58.0 Å². The van der Waals surface area contributed by atoms with E-state index in [1.807, 2.05) is 6.92 Å². The van der Waals surface area contributed by atoms with Crippen molar-refractivity contribution < 1.29 is 24.9 Å². The minimum absolute atomic E-state index is 0.0974. The lowest BCUT2D eigenvalue weighted by atomic mass is 9.89. The van der Waals surface area contributed by atoms with E-state index in [1.165, 1.54) is 0 Å². The molecule has 0 unspecified atom stereocenters. The zero-order valence-corrected chi connectivity index (χ0v) is 18.3. The molecule has 8 nitrogen and oxygen atoms in total. The van der Waals surface area contributed by atoms with Crippen LogP contribution in [0.15, 0.2) is 46.8 Å². The molecular formula is C23H31N3O5. The number of aliphatic carboxylic acids is 1. The van der Waals surface area contributed by atoms with E-state index in [0.717, 1.165) is 38.6 Å². The number of hydrogen-bond donors (Lipinski definition) is 3. The standard InChI is InChI=1S/C23H31N3O5/c1-16-19(5-4-14-27)31-20-7-6-17(28)15-18(20)21(24-16)26-12-10-25(11-13-26)9-8-23(2,3)22(29)30/h4-7,15,27-28H,8-14H2,1-3H3,(H,29,30)/b5-4-. The van der Waals surface area contributed by atoms with Crippen LogP contribution in [0, 0.1) is 5.41 Å². The van der Waals surface area contributed by atoms with E-state index in [0.29, 0.717) is 29.2 Å². The molecule has 0 spiro atoms. The maximum Gasteiger partial charge on any atom is 0.309 e. The third kappa shape index (κ3) is 5.45.